The Hall–Kier alpha value is -1.83. The van der Waals surface area contributed by atoms with E-state index in [1.165, 1.54) is 6.92 Å². The van der Waals surface area contributed by atoms with Crippen LogP contribution in [0.5, 0.6) is 0 Å². The summed E-state index contributed by atoms with van der Waals surface area (Å²) in [6.45, 7) is 1.09. The number of hydrogen-bond acceptors (Lipinski definition) is 4. The van der Waals surface area contributed by atoms with Gasteiger partial charge in [0.15, 0.2) is 0 Å². The Morgan fingerprint density at radius 2 is 1.96 bits per heavy atom. The first-order valence-electron chi connectivity index (χ1n) is 7.23. The first-order valence-corrected chi connectivity index (χ1v) is 7.61. The molecule has 4 N–H and O–H groups in total. The highest BCUT2D eigenvalue weighted by atomic mass is 35.5. The van der Waals surface area contributed by atoms with Gasteiger partial charge in [0.05, 0.1) is 24.8 Å². The predicted molar refractivity (Wildman–Crippen MR) is 86.5 cm³/mol. The van der Waals surface area contributed by atoms with E-state index in [2.05, 4.69) is 10.6 Å². The fourth-order valence-corrected chi connectivity index (χ4v) is 2.43. The van der Waals surface area contributed by atoms with Gasteiger partial charge in [0, 0.05) is 23.7 Å². The molecule has 1 unspecified atom stereocenters. The van der Waals surface area contributed by atoms with Gasteiger partial charge in [-0.05, 0) is 31.2 Å². The summed E-state index contributed by atoms with van der Waals surface area (Å²) >= 11 is 5.83. The maximum atomic E-state index is 12.1. The predicted octanol–water partition coefficient (Wildman–Crippen LogP) is 0.488. The first-order chi connectivity index (χ1) is 10.9. The van der Waals surface area contributed by atoms with Crippen LogP contribution in [0.25, 0.3) is 0 Å². The van der Waals surface area contributed by atoms with E-state index in [0.717, 1.165) is 5.69 Å². The standard InChI is InChI=1S/C15H20ClN3O4/c1-15(8-20,9-21)18-14(23)17-11-6-13(22)19(7-11)12-4-2-10(16)3-5-12/h2-5,11,20-21H,6-9H2,1H3,(H2,17,18,23). The molecule has 0 radical (unpaired) electrons. The molecule has 8 heteroatoms. The molecule has 126 valence electrons. The molecule has 2 rings (SSSR count). The van der Waals surface area contributed by atoms with Crippen molar-refractivity contribution in [3.05, 3.63) is 29.3 Å². The van der Waals surface area contributed by atoms with Crippen LogP contribution in [0.2, 0.25) is 5.02 Å². The third kappa shape index (κ3) is 4.34. The SMILES string of the molecule is CC(CO)(CO)NC(=O)NC1CC(=O)N(c2ccc(Cl)cc2)C1. The molecule has 1 aromatic carbocycles. The number of hydrogen-bond donors (Lipinski definition) is 4. The number of nitrogens with one attached hydrogen (secondary N) is 2. The van der Waals surface area contributed by atoms with Crippen molar-refractivity contribution in [3.63, 3.8) is 0 Å². The molecule has 1 aliphatic rings. The molecule has 1 aromatic rings. The van der Waals surface area contributed by atoms with Gasteiger partial charge in [-0.15, -0.1) is 0 Å². The number of urea groups is 1. The summed E-state index contributed by atoms with van der Waals surface area (Å²) in [4.78, 5) is 25.6. The van der Waals surface area contributed by atoms with E-state index >= 15 is 0 Å². The van der Waals surface area contributed by atoms with Crippen molar-refractivity contribution in [1.82, 2.24) is 10.6 Å². The molecule has 1 heterocycles. The van der Waals surface area contributed by atoms with Gasteiger partial charge in [-0.1, -0.05) is 11.6 Å². The average Bonchev–Trinajstić information content (AvgIpc) is 2.88. The number of aliphatic hydroxyl groups is 2. The van der Waals surface area contributed by atoms with Gasteiger partial charge in [0.1, 0.15) is 0 Å². The van der Waals surface area contributed by atoms with Crippen LogP contribution in [0.15, 0.2) is 24.3 Å². The normalized spacial score (nSPS) is 18.2. The van der Waals surface area contributed by atoms with E-state index in [-0.39, 0.29) is 18.4 Å². The lowest BCUT2D eigenvalue weighted by atomic mass is 10.1. The number of carbonyl (C=O) groups excluding carboxylic acids is 2. The smallest absolute Gasteiger partial charge is 0.315 e. The Bertz CT molecular complexity index is 575. The molecule has 3 amide bonds. The van der Waals surface area contributed by atoms with Gasteiger partial charge < -0.3 is 25.7 Å². The zero-order valence-corrected chi connectivity index (χ0v) is 13.5. The summed E-state index contributed by atoms with van der Waals surface area (Å²) < 4.78 is 0. The number of halogens is 1. The third-order valence-electron chi connectivity index (χ3n) is 3.71. The van der Waals surface area contributed by atoms with Crippen molar-refractivity contribution in [2.45, 2.75) is 24.9 Å². The number of amides is 3. The number of aliphatic hydroxyl groups excluding tert-OH is 2. The van der Waals surface area contributed by atoms with Crippen LogP contribution in [-0.4, -0.2) is 53.5 Å². The Labute approximate surface area is 139 Å². The van der Waals surface area contributed by atoms with Crippen molar-refractivity contribution >= 4 is 29.2 Å². The van der Waals surface area contributed by atoms with Crippen molar-refractivity contribution in [1.29, 1.82) is 0 Å². The average molecular weight is 342 g/mol. The van der Waals surface area contributed by atoms with Crippen molar-refractivity contribution in [3.8, 4) is 0 Å². The Morgan fingerprint density at radius 3 is 2.52 bits per heavy atom. The molecule has 1 atom stereocenters. The lowest BCUT2D eigenvalue weighted by molar-refractivity contribution is -0.117. The largest absolute Gasteiger partial charge is 0.394 e. The molecular weight excluding hydrogens is 322 g/mol. The number of anilines is 1. The molecule has 0 bridgehead atoms. The highest BCUT2D eigenvalue weighted by Crippen LogP contribution is 2.23. The Balaban J connectivity index is 1.95. The lowest BCUT2D eigenvalue weighted by Crippen LogP contribution is -2.56. The van der Waals surface area contributed by atoms with E-state index in [4.69, 9.17) is 11.6 Å². The summed E-state index contributed by atoms with van der Waals surface area (Å²) in [6.07, 6.45) is 0.186. The second-order valence-corrected chi connectivity index (χ2v) is 6.29. The molecule has 0 saturated carbocycles. The second kappa shape index (κ2) is 7.16. The Morgan fingerprint density at radius 1 is 1.35 bits per heavy atom. The number of rotatable bonds is 5. The minimum atomic E-state index is -1.11. The maximum absolute atomic E-state index is 12.1. The Kier molecular flexibility index (Phi) is 5.46. The molecular formula is C15H20ClN3O4. The van der Waals surface area contributed by atoms with Crippen LogP contribution in [0, 0.1) is 0 Å². The van der Waals surface area contributed by atoms with Crippen LogP contribution in [0.1, 0.15) is 13.3 Å². The highest BCUT2D eigenvalue weighted by Gasteiger charge is 2.33. The van der Waals surface area contributed by atoms with Crippen LogP contribution >= 0.6 is 11.6 Å². The van der Waals surface area contributed by atoms with E-state index < -0.39 is 24.8 Å². The van der Waals surface area contributed by atoms with Crippen LogP contribution in [0.3, 0.4) is 0 Å². The van der Waals surface area contributed by atoms with Crippen molar-refractivity contribution < 1.29 is 19.8 Å². The van der Waals surface area contributed by atoms with Crippen molar-refractivity contribution in [2.24, 2.45) is 0 Å². The monoisotopic (exact) mass is 341 g/mol. The molecule has 1 fully saturated rings. The van der Waals surface area contributed by atoms with Gasteiger partial charge in [-0.25, -0.2) is 4.79 Å². The van der Waals surface area contributed by atoms with Crippen LogP contribution < -0.4 is 15.5 Å². The summed E-state index contributed by atoms with van der Waals surface area (Å²) in [5.74, 6) is -0.0929. The summed E-state index contributed by atoms with van der Waals surface area (Å²) in [7, 11) is 0. The molecule has 1 saturated heterocycles. The maximum Gasteiger partial charge on any atom is 0.315 e. The molecule has 0 spiro atoms. The zero-order chi connectivity index (χ0) is 17.0. The van der Waals surface area contributed by atoms with Gasteiger partial charge in [0.2, 0.25) is 5.91 Å². The van der Waals surface area contributed by atoms with E-state index in [1.807, 2.05) is 0 Å². The molecule has 23 heavy (non-hydrogen) atoms. The number of nitrogens with zero attached hydrogens (tertiary/aromatic N) is 1. The molecule has 0 aliphatic carbocycles. The third-order valence-corrected chi connectivity index (χ3v) is 3.96. The van der Waals surface area contributed by atoms with Gasteiger partial charge in [0.25, 0.3) is 0 Å². The molecule has 0 aromatic heterocycles. The quantitative estimate of drug-likeness (QED) is 0.626. The highest BCUT2D eigenvalue weighted by molar-refractivity contribution is 6.30. The first kappa shape index (κ1) is 17.5. The fourth-order valence-electron chi connectivity index (χ4n) is 2.30. The van der Waals surface area contributed by atoms with Gasteiger partial charge in [-0.2, -0.15) is 0 Å². The summed E-state index contributed by atoms with van der Waals surface area (Å²) in [5, 5.41) is 24.1. The van der Waals surface area contributed by atoms with E-state index in [0.29, 0.717) is 11.6 Å². The van der Waals surface area contributed by atoms with E-state index in [9.17, 15) is 19.8 Å². The summed E-state index contributed by atoms with van der Waals surface area (Å²) in [6, 6.07) is 6.01. The zero-order valence-electron chi connectivity index (χ0n) is 12.8. The fraction of sp³-hybridized carbons (Fsp3) is 0.467. The van der Waals surface area contributed by atoms with Crippen LogP contribution in [0.4, 0.5) is 10.5 Å². The van der Waals surface area contributed by atoms with Gasteiger partial charge >= 0.3 is 6.03 Å². The number of carbonyl (C=O) groups is 2. The minimum Gasteiger partial charge on any atom is -0.394 e. The molecule has 7 nitrogen and oxygen atoms in total. The summed E-state index contributed by atoms with van der Waals surface area (Å²) in [5.41, 5.74) is -0.387. The van der Waals surface area contributed by atoms with Crippen LogP contribution in [-0.2, 0) is 4.79 Å². The number of benzene rings is 1. The minimum absolute atomic E-state index is 0.0929. The lowest BCUT2D eigenvalue weighted by Gasteiger charge is -2.27. The van der Waals surface area contributed by atoms with E-state index in [1.54, 1.807) is 29.2 Å². The molecule has 1 aliphatic heterocycles. The topological polar surface area (TPSA) is 102 Å². The van der Waals surface area contributed by atoms with Crippen molar-refractivity contribution in [2.75, 3.05) is 24.7 Å². The second-order valence-electron chi connectivity index (χ2n) is 5.86. The van der Waals surface area contributed by atoms with Gasteiger partial charge in [-0.3, -0.25) is 4.79 Å².